The molecule has 4 heteroatoms. The molecular weight excluding hydrogens is 328 g/mol. The summed E-state index contributed by atoms with van der Waals surface area (Å²) in [7, 11) is 0. The Hall–Kier alpha value is -1.16. The van der Waals surface area contributed by atoms with E-state index in [9.17, 15) is 19.8 Å². The van der Waals surface area contributed by atoms with Crippen molar-refractivity contribution < 1.29 is 19.8 Å². The Morgan fingerprint density at radius 2 is 1.96 bits per heavy atom. The second-order valence-corrected chi connectivity index (χ2v) is 9.97. The average molecular weight is 360 g/mol. The molecule has 0 saturated heterocycles. The summed E-state index contributed by atoms with van der Waals surface area (Å²) in [6.45, 7) is 6.36. The van der Waals surface area contributed by atoms with Gasteiger partial charge in [0.15, 0.2) is 5.78 Å². The first-order valence-corrected chi connectivity index (χ1v) is 10.3. The van der Waals surface area contributed by atoms with Gasteiger partial charge >= 0.3 is 5.97 Å². The Balaban J connectivity index is 1.72. The normalized spacial score (nSPS) is 48.8. The van der Waals surface area contributed by atoms with E-state index in [1.54, 1.807) is 0 Å². The molecule has 144 valence electrons. The monoisotopic (exact) mass is 360 g/mol. The molecule has 3 fully saturated rings. The Morgan fingerprint density at radius 1 is 1.23 bits per heavy atom. The molecule has 8 atom stereocenters. The van der Waals surface area contributed by atoms with Crippen molar-refractivity contribution in [3.8, 4) is 0 Å². The lowest BCUT2D eigenvalue weighted by molar-refractivity contribution is -0.146. The largest absolute Gasteiger partial charge is 0.481 e. The number of allylic oxidation sites excluding steroid dienone is 1. The van der Waals surface area contributed by atoms with Crippen molar-refractivity contribution in [3.63, 3.8) is 0 Å². The van der Waals surface area contributed by atoms with Gasteiger partial charge in [0.2, 0.25) is 0 Å². The molecule has 0 amide bonds. The Kier molecular flexibility index (Phi) is 4.15. The third kappa shape index (κ3) is 2.37. The van der Waals surface area contributed by atoms with Crippen LogP contribution < -0.4 is 0 Å². The van der Waals surface area contributed by atoms with Gasteiger partial charge in [-0.3, -0.25) is 9.59 Å². The van der Waals surface area contributed by atoms with Crippen LogP contribution in [0.15, 0.2) is 11.6 Å². The maximum atomic E-state index is 11.9. The van der Waals surface area contributed by atoms with Gasteiger partial charge < -0.3 is 10.2 Å². The van der Waals surface area contributed by atoms with Gasteiger partial charge in [0.05, 0.1) is 12.0 Å². The fourth-order valence-corrected chi connectivity index (χ4v) is 7.40. The zero-order valence-corrected chi connectivity index (χ0v) is 16.2. The van der Waals surface area contributed by atoms with Crippen molar-refractivity contribution in [2.24, 2.45) is 40.4 Å². The Bertz CT molecular complexity index is 667. The van der Waals surface area contributed by atoms with E-state index in [-0.39, 0.29) is 28.4 Å². The van der Waals surface area contributed by atoms with Crippen LogP contribution in [-0.2, 0) is 9.59 Å². The van der Waals surface area contributed by atoms with Crippen molar-refractivity contribution in [2.75, 3.05) is 0 Å². The van der Waals surface area contributed by atoms with Crippen LogP contribution in [-0.4, -0.2) is 28.1 Å². The molecule has 26 heavy (non-hydrogen) atoms. The summed E-state index contributed by atoms with van der Waals surface area (Å²) in [5.74, 6) is 0.436. The van der Waals surface area contributed by atoms with Crippen molar-refractivity contribution in [1.29, 1.82) is 0 Å². The average Bonchev–Trinajstić information content (AvgIpc) is 2.86. The number of carboxylic acid groups (broad SMARTS) is 1. The number of carboxylic acids is 1. The number of carbonyl (C=O) groups excluding carboxylic acids is 1. The fourth-order valence-electron chi connectivity index (χ4n) is 7.40. The molecule has 0 aromatic carbocycles. The summed E-state index contributed by atoms with van der Waals surface area (Å²) in [5.41, 5.74) is 1.26. The number of aliphatic hydroxyl groups excluding tert-OH is 1. The number of carbonyl (C=O) groups is 2. The van der Waals surface area contributed by atoms with E-state index in [2.05, 4.69) is 13.8 Å². The standard InChI is InChI=1S/C22H32O4/c1-12(20(25)26)16-11-18(24)22(3)9-7-17-15(19(16)22)5-4-13-10-14(23)6-8-21(13,17)2/h10,12,15-19,24H,4-9,11H2,1-3H3,(H,25,26)/t12?,15-,16?,17+,18+,19-,21+,22-/m1/s1. The minimum atomic E-state index is -0.737. The van der Waals surface area contributed by atoms with Crippen molar-refractivity contribution >= 4 is 11.8 Å². The summed E-state index contributed by atoms with van der Waals surface area (Å²) in [5, 5.41) is 20.5. The number of aliphatic hydroxyl groups is 1. The number of hydrogen-bond acceptors (Lipinski definition) is 3. The molecule has 0 radical (unpaired) electrons. The number of ketones is 1. The zero-order valence-electron chi connectivity index (χ0n) is 16.2. The van der Waals surface area contributed by atoms with Crippen LogP contribution in [0.1, 0.15) is 65.7 Å². The van der Waals surface area contributed by atoms with E-state index < -0.39 is 18.0 Å². The highest BCUT2D eigenvalue weighted by atomic mass is 16.4. The third-order valence-corrected chi connectivity index (χ3v) is 9.01. The first-order chi connectivity index (χ1) is 12.2. The van der Waals surface area contributed by atoms with Crippen LogP contribution in [0, 0.1) is 40.4 Å². The lowest BCUT2D eigenvalue weighted by Crippen LogP contribution is -2.52. The molecule has 2 unspecified atom stereocenters. The van der Waals surface area contributed by atoms with E-state index in [0.29, 0.717) is 24.7 Å². The second-order valence-electron chi connectivity index (χ2n) is 9.97. The van der Waals surface area contributed by atoms with Crippen LogP contribution in [0.3, 0.4) is 0 Å². The van der Waals surface area contributed by atoms with Gasteiger partial charge in [-0.05, 0) is 79.1 Å². The lowest BCUT2D eigenvalue weighted by atomic mass is 9.46. The molecule has 0 bridgehead atoms. The van der Waals surface area contributed by atoms with Gasteiger partial charge in [0.25, 0.3) is 0 Å². The van der Waals surface area contributed by atoms with Gasteiger partial charge in [-0.25, -0.2) is 0 Å². The maximum Gasteiger partial charge on any atom is 0.306 e. The summed E-state index contributed by atoms with van der Waals surface area (Å²) >= 11 is 0. The number of hydrogen-bond donors (Lipinski definition) is 2. The van der Waals surface area contributed by atoms with E-state index in [1.165, 1.54) is 5.57 Å². The van der Waals surface area contributed by atoms with Crippen LogP contribution in [0.4, 0.5) is 0 Å². The van der Waals surface area contributed by atoms with E-state index >= 15 is 0 Å². The van der Waals surface area contributed by atoms with Crippen LogP contribution >= 0.6 is 0 Å². The van der Waals surface area contributed by atoms with E-state index in [4.69, 9.17) is 0 Å². The summed E-state index contributed by atoms with van der Waals surface area (Å²) in [4.78, 5) is 23.7. The van der Waals surface area contributed by atoms with Crippen LogP contribution in [0.5, 0.6) is 0 Å². The predicted octanol–water partition coefficient (Wildman–Crippen LogP) is 3.83. The smallest absolute Gasteiger partial charge is 0.306 e. The quantitative estimate of drug-likeness (QED) is 0.785. The first-order valence-electron chi connectivity index (χ1n) is 10.3. The minimum Gasteiger partial charge on any atom is -0.481 e. The number of aliphatic carboxylic acids is 1. The second kappa shape index (κ2) is 5.92. The number of rotatable bonds is 2. The molecule has 4 rings (SSSR count). The molecule has 4 aliphatic rings. The van der Waals surface area contributed by atoms with Crippen molar-refractivity contribution in [3.05, 3.63) is 11.6 Å². The molecule has 0 aromatic rings. The van der Waals surface area contributed by atoms with E-state index in [1.807, 2.05) is 13.0 Å². The van der Waals surface area contributed by atoms with Crippen LogP contribution in [0.2, 0.25) is 0 Å². The zero-order chi connectivity index (χ0) is 18.9. The lowest BCUT2D eigenvalue weighted by Gasteiger charge is -2.58. The van der Waals surface area contributed by atoms with Gasteiger partial charge in [-0.1, -0.05) is 26.3 Å². The highest BCUT2D eigenvalue weighted by molar-refractivity contribution is 5.91. The Labute approximate surface area is 156 Å². The topological polar surface area (TPSA) is 74.6 Å². The third-order valence-electron chi connectivity index (χ3n) is 9.01. The van der Waals surface area contributed by atoms with Gasteiger partial charge in [-0.2, -0.15) is 0 Å². The van der Waals surface area contributed by atoms with Gasteiger partial charge in [-0.15, -0.1) is 0 Å². The van der Waals surface area contributed by atoms with Crippen molar-refractivity contribution in [1.82, 2.24) is 0 Å². The van der Waals surface area contributed by atoms with Gasteiger partial charge in [0.1, 0.15) is 0 Å². The molecular formula is C22H32O4. The molecule has 2 N–H and O–H groups in total. The minimum absolute atomic E-state index is 0.0552. The van der Waals surface area contributed by atoms with Crippen LogP contribution in [0.25, 0.3) is 0 Å². The van der Waals surface area contributed by atoms with Crippen molar-refractivity contribution in [2.45, 2.75) is 71.8 Å². The molecule has 0 aliphatic heterocycles. The summed E-state index contributed by atoms with van der Waals surface area (Å²) < 4.78 is 0. The predicted molar refractivity (Wildman–Crippen MR) is 98.4 cm³/mol. The molecule has 3 saturated carbocycles. The molecule has 0 spiro atoms. The summed E-state index contributed by atoms with van der Waals surface area (Å²) in [6.07, 6.45) is 7.77. The Morgan fingerprint density at radius 3 is 2.65 bits per heavy atom. The fraction of sp³-hybridized carbons (Fsp3) is 0.818. The highest BCUT2D eigenvalue weighted by Crippen LogP contribution is 2.67. The molecule has 0 aromatic heterocycles. The summed E-state index contributed by atoms with van der Waals surface area (Å²) in [6, 6.07) is 0. The highest BCUT2D eigenvalue weighted by Gasteiger charge is 2.62. The SMILES string of the molecule is CC(C(=O)O)C1C[C@H](O)[C@@]2(C)CC[C@H]3[C@@H](CCC4=CC(=O)CC[C@@]43C)[C@H]12. The molecule has 4 nitrogen and oxygen atoms in total. The maximum absolute atomic E-state index is 11.9. The first kappa shape index (κ1) is 18.2. The number of fused-ring (bicyclic) bond motifs is 5. The van der Waals surface area contributed by atoms with E-state index in [0.717, 1.165) is 32.1 Å². The molecule has 0 heterocycles. The molecule has 4 aliphatic carbocycles. The van der Waals surface area contributed by atoms with Gasteiger partial charge in [0, 0.05) is 6.42 Å².